The highest BCUT2D eigenvalue weighted by atomic mass is 16.5. The van der Waals surface area contributed by atoms with E-state index in [1.54, 1.807) is 13.3 Å². The lowest BCUT2D eigenvalue weighted by atomic mass is 10.2. The molecule has 2 N–H and O–H groups in total. The van der Waals surface area contributed by atoms with Crippen LogP contribution >= 0.6 is 0 Å². The first-order chi connectivity index (χ1) is 8.83. The summed E-state index contributed by atoms with van der Waals surface area (Å²) in [5.41, 5.74) is 6.59. The predicted octanol–water partition coefficient (Wildman–Crippen LogP) is 2.38. The Morgan fingerprint density at radius 2 is 1.89 bits per heavy atom. The van der Waals surface area contributed by atoms with Gasteiger partial charge in [-0.15, -0.1) is 0 Å². The summed E-state index contributed by atoms with van der Waals surface area (Å²) in [6, 6.07) is 11.3. The van der Waals surface area contributed by atoms with E-state index in [2.05, 4.69) is 4.98 Å². The Labute approximate surface area is 106 Å². The maximum Gasteiger partial charge on any atom is 0.219 e. The number of nitrogens with zero attached hydrogens (tertiary/aromatic N) is 1. The van der Waals surface area contributed by atoms with Crippen LogP contribution in [0, 0.1) is 0 Å². The van der Waals surface area contributed by atoms with Gasteiger partial charge in [-0.05, 0) is 30.7 Å². The third-order valence-electron chi connectivity index (χ3n) is 2.51. The first-order valence-electron chi connectivity index (χ1n) is 5.79. The maximum atomic E-state index is 5.67. The molecule has 0 amide bonds. The molecule has 0 saturated heterocycles. The quantitative estimate of drug-likeness (QED) is 0.877. The van der Waals surface area contributed by atoms with E-state index in [0.717, 1.165) is 12.0 Å². The zero-order chi connectivity index (χ0) is 12.8. The third-order valence-corrected chi connectivity index (χ3v) is 2.51. The molecule has 2 aromatic rings. The number of nitrogens with two attached hydrogens (primary N) is 1. The Bertz CT molecular complexity index is 497. The minimum atomic E-state index is 0.542. The summed E-state index contributed by atoms with van der Waals surface area (Å²) in [6.07, 6.45) is 2.60. The van der Waals surface area contributed by atoms with Crippen molar-refractivity contribution in [3.8, 4) is 17.4 Å². The molecule has 0 aliphatic carbocycles. The fourth-order valence-electron chi connectivity index (χ4n) is 1.60. The second-order valence-corrected chi connectivity index (χ2v) is 3.80. The van der Waals surface area contributed by atoms with Crippen LogP contribution in [0.2, 0.25) is 0 Å². The first kappa shape index (κ1) is 12.4. The first-order valence-corrected chi connectivity index (χ1v) is 5.79. The molecule has 1 aromatic heterocycles. The highest BCUT2D eigenvalue weighted by Gasteiger charge is 2.04. The summed E-state index contributed by atoms with van der Waals surface area (Å²) in [6.45, 7) is 0.619. The van der Waals surface area contributed by atoms with Crippen LogP contribution < -0.4 is 15.2 Å². The highest BCUT2D eigenvalue weighted by molar-refractivity contribution is 5.41. The number of hydrogen-bond donors (Lipinski definition) is 1. The largest absolute Gasteiger partial charge is 0.493 e. The molecular weight excluding hydrogens is 228 g/mol. The molecule has 0 aliphatic rings. The van der Waals surface area contributed by atoms with Crippen molar-refractivity contribution in [1.82, 2.24) is 4.98 Å². The van der Waals surface area contributed by atoms with Crippen molar-refractivity contribution in [1.29, 1.82) is 0 Å². The Balaban J connectivity index is 2.13. The molecule has 0 fully saturated rings. The van der Waals surface area contributed by atoms with Gasteiger partial charge < -0.3 is 15.2 Å². The molecule has 4 heteroatoms. The molecule has 0 bridgehead atoms. The van der Waals surface area contributed by atoms with E-state index >= 15 is 0 Å². The molecule has 0 unspecified atom stereocenters. The molecule has 94 valence electrons. The summed E-state index contributed by atoms with van der Waals surface area (Å²) in [4.78, 5) is 4.23. The van der Waals surface area contributed by atoms with Crippen molar-refractivity contribution in [3.05, 3.63) is 48.2 Å². The zero-order valence-electron chi connectivity index (χ0n) is 10.3. The van der Waals surface area contributed by atoms with Crippen LogP contribution in [0.1, 0.15) is 5.56 Å². The summed E-state index contributed by atoms with van der Waals surface area (Å²) in [5, 5.41) is 0. The van der Waals surface area contributed by atoms with E-state index in [9.17, 15) is 0 Å². The Morgan fingerprint density at radius 1 is 1.11 bits per heavy atom. The molecule has 18 heavy (non-hydrogen) atoms. The highest BCUT2D eigenvalue weighted by Crippen LogP contribution is 2.29. The molecule has 0 aliphatic heterocycles. The van der Waals surface area contributed by atoms with E-state index in [0.29, 0.717) is 23.9 Å². The molecule has 0 saturated carbocycles. The molecule has 0 radical (unpaired) electrons. The predicted molar refractivity (Wildman–Crippen MR) is 70.1 cm³/mol. The van der Waals surface area contributed by atoms with Gasteiger partial charge in [0.2, 0.25) is 5.88 Å². The number of rotatable bonds is 5. The van der Waals surface area contributed by atoms with E-state index in [-0.39, 0.29) is 0 Å². The standard InChI is InChI=1S/C14H16N2O2/c1-17-12-4-2-3-5-13(12)18-14-7-6-11(8-9-15)10-16-14/h2-7,10H,8-9,15H2,1H3. The average Bonchev–Trinajstić information content (AvgIpc) is 2.42. The number of aromatic nitrogens is 1. The fourth-order valence-corrected chi connectivity index (χ4v) is 1.60. The number of ether oxygens (including phenoxy) is 2. The van der Waals surface area contributed by atoms with Gasteiger partial charge in [0.15, 0.2) is 11.5 Å². The van der Waals surface area contributed by atoms with E-state index < -0.39 is 0 Å². The van der Waals surface area contributed by atoms with Crippen LogP contribution in [0.3, 0.4) is 0 Å². The summed E-state index contributed by atoms with van der Waals surface area (Å²) in [7, 11) is 1.61. The van der Waals surface area contributed by atoms with E-state index in [1.807, 2.05) is 36.4 Å². The van der Waals surface area contributed by atoms with Gasteiger partial charge in [0, 0.05) is 12.3 Å². The van der Waals surface area contributed by atoms with Crippen LogP contribution in [0.25, 0.3) is 0 Å². The summed E-state index contributed by atoms with van der Waals surface area (Å²) >= 11 is 0. The van der Waals surface area contributed by atoms with Gasteiger partial charge in [0.1, 0.15) is 0 Å². The Hall–Kier alpha value is -2.07. The Morgan fingerprint density at radius 3 is 2.50 bits per heavy atom. The lowest BCUT2D eigenvalue weighted by molar-refractivity contribution is 0.374. The number of para-hydroxylation sites is 2. The smallest absolute Gasteiger partial charge is 0.219 e. The molecule has 2 rings (SSSR count). The minimum Gasteiger partial charge on any atom is -0.493 e. The molecule has 0 atom stereocenters. The average molecular weight is 244 g/mol. The number of pyridine rings is 1. The van der Waals surface area contributed by atoms with Crippen LogP contribution in [-0.4, -0.2) is 18.6 Å². The molecule has 1 heterocycles. The zero-order valence-corrected chi connectivity index (χ0v) is 10.3. The van der Waals surface area contributed by atoms with Gasteiger partial charge in [-0.3, -0.25) is 0 Å². The van der Waals surface area contributed by atoms with Gasteiger partial charge in [0.05, 0.1) is 7.11 Å². The van der Waals surface area contributed by atoms with E-state index in [1.165, 1.54) is 0 Å². The van der Waals surface area contributed by atoms with Gasteiger partial charge >= 0.3 is 0 Å². The number of benzene rings is 1. The molecule has 4 nitrogen and oxygen atoms in total. The lowest BCUT2D eigenvalue weighted by Crippen LogP contribution is -2.02. The topological polar surface area (TPSA) is 57.4 Å². The van der Waals surface area contributed by atoms with Gasteiger partial charge in [-0.25, -0.2) is 4.98 Å². The van der Waals surface area contributed by atoms with Gasteiger partial charge in [0.25, 0.3) is 0 Å². The van der Waals surface area contributed by atoms with Crippen molar-refractivity contribution < 1.29 is 9.47 Å². The SMILES string of the molecule is COc1ccccc1Oc1ccc(CCN)cn1. The van der Waals surface area contributed by atoms with Gasteiger partial charge in [-0.2, -0.15) is 0 Å². The number of hydrogen-bond acceptors (Lipinski definition) is 4. The second kappa shape index (κ2) is 6.02. The van der Waals surface area contributed by atoms with Crippen molar-refractivity contribution >= 4 is 0 Å². The molecular formula is C14H16N2O2. The van der Waals surface area contributed by atoms with E-state index in [4.69, 9.17) is 15.2 Å². The third kappa shape index (κ3) is 2.99. The van der Waals surface area contributed by atoms with Gasteiger partial charge in [-0.1, -0.05) is 18.2 Å². The van der Waals surface area contributed by atoms with Crippen molar-refractivity contribution in [2.75, 3.05) is 13.7 Å². The van der Waals surface area contributed by atoms with Crippen LogP contribution in [0.15, 0.2) is 42.6 Å². The molecule has 1 aromatic carbocycles. The second-order valence-electron chi connectivity index (χ2n) is 3.80. The van der Waals surface area contributed by atoms with Crippen molar-refractivity contribution in [2.24, 2.45) is 5.73 Å². The van der Waals surface area contributed by atoms with Crippen LogP contribution in [0.5, 0.6) is 17.4 Å². The van der Waals surface area contributed by atoms with Crippen LogP contribution in [-0.2, 0) is 6.42 Å². The fraction of sp³-hybridized carbons (Fsp3) is 0.214. The minimum absolute atomic E-state index is 0.542. The van der Waals surface area contributed by atoms with Crippen LogP contribution in [0.4, 0.5) is 0 Å². The monoisotopic (exact) mass is 244 g/mol. The van der Waals surface area contributed by atoms with Crippen molar-refractivity contribution in [3.63, 3.8) is 0 Å². The maximum absolute atomic E-state index is 5.67. The summed E-state index contributed by atoms with van der Waals surface area (Å²) < 4.78 is 10.9. The van der Waals surface area contributed by atoms with Crippen molar-refractivity contribution in [2.45, 2.75) is 6.42 Å². The summed E-state index contributed by atoms with van der Waals surface area (Å²) in [5.74, 6) is 1.88. The molecule has 0 spiro atoms. The Kier molecular flexibility index (Phi) is 4.15. The number of methoxy groups -OCH3 is 1. The normalized spacial score (nSPS) is 10.1. The lowest BCUT2D eigenvalue weighted by Gasteiger charge is -2.09.